The van der Waals surface area contributed by atoms with Gasteiger partial charge in [0, 0.05) is 5.56 Å². The van der Waals surface area contributed by atoms with Crippen LogP contribution in [0.5, 0.6) is 5.75 Å². The Morgan fingerprint density at radius 3 is 2.02 bits per heavy atom. The predicted molar refractivity (Wildman–Crippen MR) is 167 cm³/mol. The summed E-state index contributed by atoms with van der Waals surface area (Å²) in [5, 5.41) is 8.76. The Kier molecular flexibility index (Phi) is 10.9. The van der Waals surface area contributed by atoms with E-state index in [0.717, 1.165) is 11.1 Å². The molecule has 0 aromatic heterocycles. The first-order chi connectivity index (χ1) is 21.1. The van der Waals surface area contributed by atoms with E-state index in [-0.39, 0.29) is 29.9 Å². The standard InChI is InChI=1S/C35H41N3O6/c1-23(2)19-30(38-33(41)26-15-17-27(43-4)18-16-26)34(42)37-28(25-13-9-6-10-14-25)21-31(39)36-29(32(40)35(3)22-44-35)20-24-11-7-5-8-12-24/h5-18,23,28-30H,19-22H2,1-4H3,(H,36,39)(H,37,42)(H,38,41)/t28?,29-,30-,35+/m0/s1. The first-order valence-electron chi connectivity index (χ1n) is 14.9. The van der Waals surface area contributed by atoms with Gasteiger partial charge < -0.3 is 25.4 Å². The Hall–Kier alpha value is -4.50. The molecule has 3 aromatic rings. The zero-order chi connectivity index (χ0) is 31.7. The van der Waals surface area contributed by atoms with Crippen molar-refractivity contribution in [3.05, 3.63) is 102 Å². The van der Waals surface area contributed by atoms with Gasteiger partial charge in [-0.15, -0.1) is 0 Å². The number of epoxide rings is 1. The SMILES string of the molecule is COc1ccc(C(=O)N[C@@H](CC(C)C)C(=O)NC(CC(=O)N[C@@H](Cc2ccccc2)C(=O)[C@@]2(C)CO2)c2ccccc2)cc1. The monoisotopic (exact) mass is 599 g/mol. The second-order valence-electron chi connectivity index (χ2n) is 11.8. The van der Waals surface area contributed by atoms with Gasteiger partial charge in [0.2, 0.25) is 11.8 Å². The van der Waals surface area contributed by atoms with Crippen LogP contribution in [0.15, 0.2) is 84.9 Å². The fourth-order valence-corrected chi connectivity index (χ4v) is 5.01. The number of hydrogen-bond donors (Lipinski definition) is 3. The Bertz CT molecular complexity index is 1420. The summed E-state index contributed by atoms with van der Waals surface area (Å²) in [6, 6.07) is 23.0. The van der Waals surface area contributed by atoms with Gasteiger partial charge in [0.05, 0.1) is 32.2 Å². The highest BCUT2D eigenvalue weighted by Gasteiger charge is 2.50. The van der Waals surface area contributed by atoms with Gasteiger partial charge in [-0.3, -0.25) is 19.2 Å². The Morgan fingerprint density at radius 1 is 0.841 bits per heavy atom. The van der Waals surface area contributed by atoms with Crippen LogP contribution in [-0.4, -0.2) is 54.9 Å². The lowest BCUT2D eigenvalue weighted by Crippen LogP contribution is -2.50. The minimum atomic E-state index is -0.911. The summed E-state index contributed by atoms with van der Waals surface area (Å²) in [5.74, 6) is -0.642. The molecule has 0 saturated carbocycles. The first-order valence-corrected chi connectivity index (χ1v) is 14.9. The van der Waals surface area contributed by atoms with Gasteiger partial charge in [-0.2, -0.15) is 0 Å². The van der Waals surface area contributed by atoms with E-state index in [1.165, 1.54) is 0 Å². The molecule has 0 radical (unpaired) electrons. The van der Waals surface area contributed by atoms with Gasteiger partial charge >= 0.3 is 0 Å². The summed E-state index contributed by atoms with van der Waals surface area (Å²) in [7, 11) is 1.55. The highest BCUT2D eigenvalue weighted by molar-refractivity contribution is 5.98. The van der Waals surface area contributed by atoms with Crippen LogP contribution in [-0.2, 0) is 25.5 Å². The Morgan fingerprint density at radius 2 is 1.45 bits per heavy atom. The number of carbonyl (C=O) groups excluding carboxylic acids is 4. The number of ketones is 1. The normalized spacial score (nSPS) is 17.6. The quantitative estimate of drug-likeness (QED) is 0.225. The first kappa shape index (κ1) is 32.4. The second-order valence-corrected chi connectivity index (χ2v) is 11.8. The molecule has 0 spiro atoms. The molecule has 1 unspecified atom stereocenters. The number of benzene rings is 3. The van der Waals surface area contributed by atoms with Crippen molar-refractivity contribution < 1.29 is 28.7 Å². The molecular formula is C35H41N3O6. The second kappa shape index (κ2) is 14.8. The minimum Gasteiger partial charge on any atom is -0.497 e. The zero-order valence-corrected chi connectivity index (χ0v) is 25.7. The van der Waals surface area contributed by atoms with Gasteiger partial charge in [0.15, 0.2) is 5.78 Å². The zero-order valence-electron chi connectivity index (χ0n) is 25.7. The number of carbonyl (C=O) groups is 4. The maximum absolute atomic E-state index is 13.7. The average molecular weight is 600 g/mol. The molecule has 9 heteroatoms. The molecule has 1 heterocycles. The molecule has 3 amide bonds. The molecule has 4 rings (SSSR count). The van der Waals surface area contributed by atoms with Crippen LogP contribution in [0.2, 0.25) is 0 Å². The summed E-state index contributed by atoms with van der Waals surface area (Å²) < 4.78 is 10.6. The van der Waals surface area contributed by atoms with Crippen molar-refractivity contribution in [2.45, 2.75) is 63.8 Å². The van der Waals surface area contributed by atoms with E-state index in [9.17, 15) is 19.2 Å². The van der Waals surface area contributed by atoms with E-state index < -0.39 is 29.6 Å². The van der Waals surface area contributed by atoms with E-state index in [0.29, 0.717) is 30.8 Å². The molecule has 44 heavy (non-hydrogen) atoms. The van der Waals surface area contributed by atoms with Crippen molar-refractivity contribution in [3.63, 3.8) is 0 Å². The van der Waals surface area contributed by atoms with Crippen LogP contribution in [0.4, 0.5) is 0 Å². The van der Waals surface area contributed by atoms with Crippen LogP contribution in [0.3, 0.4) is 0 Å². The van der Waals surface area contributed by atoms with E-state index in [4.69, 9.17) is 9.47 Å². The molecule has 9 nitrogen and oxygen atoms in total. The smallest absolute Gasteiger partial charge is 0.251 e. The lowest BCUT2D eigenvalue weighted by atomic mass is 9.94. The van der Waals surface area contributed by atoms with E-state index >= 15 is 0 Å². The largest absolute Gasteiger partial charge is 0.497 e. The van der Waals surface area contributed by atoms with Crippen molar-refractivity contribution in [1.82, 2.24) is 16.0 Å². The molecule has 0 aliphatic carbocycles. The third-order valence-corrected chi connectivity index (χ3v) is 7.62. The van der Waals surface area contributed by atoms with Crippen molar-refractivity contribution in [3.8, 4) is 5.75 Å². The molecule has 4 atom stereocenters. The molecular weight excluding hydrogens is 558 g/mol. The number of rotatable bonds is 15. The number of ether oxygens (including phenoxy) is 2. The third-order valence-electron chi connectivity index (χ3n) is 7.62. The topological polar surface area (TPSA) is 126 Å². The fraction of sp³-hybridized carbons (Fsp3) is 0.371. The minimum absolute atomic E-state index is 0.104. The maximum atomic E-state index is 13.7. The van der Waals surface area contributed by atoms with Crippen molar-refractivity contribution in [1.29, 1.82) is 0 Å². The van der Waals surface area contributed by atoms with Gasteiger partial charge in [-0.1, -0.05) is 74.5 Å². The summed E-state index contributed by atoms with van der Waals surface area (Å²) in [6.45, 7) is 5.97. The van der Waals surface area contributed by atoms with Crippen molar-refractivity contribution in [2.75, 3.05) is 13.7 Å². The molecule has 1 fully saturated rings. The van der Waals surface area contributed by atoms with Crippen LogP contribution in [0, 0.1) is 5.92 Å². The van der Waals surface area contributed by atoms with E-state index in [2.05, 4.69) is 16.0 Å². The van der Waals surface area contributed by atoms with E-state index in [1.54, 1.807) is 38.3 Å². The molecule has 0 bridgehead atoms. The molecule has 1 aliphatic heterocycles. The van der Waals surface area contributed by atoms with Crippen LogP contribution in [0.25, 0.3) is 0 Å². The van der Waals surface area contributed by atoms with Gasteiger partial charge in [0.25, 0.3) is 5.91 Å². The summed E-state index contributed by atoms with van der Waals surface area (Å²) in [5.41, 5.74) is 1.12. The summed E-state index contributed by atoms with van der Waals surface area (Å²) >= 11 is 0. The number of hydrogen-bond acceptors (Lipinski definition) is 6. The van der Waals surface area contributed by atoms with Crippen LogP contribution < -0.4 is 20.7 Å². The predicted octanol–water partition coefficient (Wildman–Crippen LogP) is 4.17. The lowest BCUT2D eigenvalue weighted by Gasteiger charge is -2.26. The summed E-state index contributed by atoms with van der Waals surface area (Å²) in [4.78, 5) is 53.5. The third kappa shape index (κ3) is 9.00. The van der Waals surface area contributed by atoms with Gasteiger partial charge in [-0.05, 0) is 61.1 Å². The van der Waals surface area contributed by atoms with Crippen molar-refractivity contribution >= 4 is 23.5 Å². The van der Waals surface area contributed by atoms with Crippen molar-refractivity contribution in [2.24, 2.45) is 5.92 Å². The number of Topliss-reactive ketones (excluding diaryl/α,β-unsaturated/α-hetero) is 1. The summed E-state index contributed by atoms with van der Waals surface area (Å²) in [6.07, 6.45) is 0.612. The van der Waals surface area contributed by atoms with Crippen LogP contribution >= 0.6 is 0 Å². The van der Waals surface area contributed by atoms with E-state index in [1.807, 2.05) is 74.5 Å². The molecule has 3 aromatic carbocycles. The Labute approximate surface area is 258 Å². The van der Waals surface area contributed by atoms with Gasteiger partial charge in [0.1, 0.15) is 17.4 Å². The number of amides is 3. The highest BCUT2D eigenvalue weighted by atomic mass is 16.6. The lowest BCUT2D eigenvalue weighted by molar-refractivity contribution is -0.131. The average Bonchev–Trinajstić information content (AvgIpc) is 3.78. The Balaban J connectivity index is 1.49. The van der Waals surface area contributed by atoms with Crippen LogP contribution in [0.1, 0.15) is 61.1 Å². The van der Waals surface area contributed by atoms with Gasteiger partial charge in [-0.25, -0.2) is 0 Å². The molecule has 1 aliphatic rings. The number of methoxy groups -OCH3 is 1. The maximum Gasteiger partial charge on any atom is 0.251 e. The highest BCUT2D eigenvalue weighted by Crippen LogP contribution is 2.29. The fourth-order valence-electron chi connectivity index (χ4n) is 5.01. The number of nitrogens with one attached hydrogen (secondary N) is 3. The molecule has 232 valence electrons. The molecule has 1 saturated heterocycles. The molecule has 3 N–H and O–H groups in total.